The van der Waals surface area contributed by atoms with Crippen molar-refractivity contribution in [3.8, 4) is 0 Å². The highest BCUT2D eigenvalue weighted by atomic mass is 35.5. The lowest BCUT2D eigenvalue weighted by atomic mass is 9.99. The molecule has 1 aliphatic rings. The first kappa shape index (κ1) is 26.1. The molecule has 4 rings (SSSR count). The lowest BCUT2D eigenvalue weighted by Crippen LogP contribution is -2.43. The van der Waals surface area contributed by atoms with Crippen LogP contribution < -0.4 is 16.0 Å². The van der Waals surface area contributed by atoms with Gasteiger partial charge in [-0.3, -0.25) is 14.4 Å². The zero-order valence-electron chi connectivity index (χ0n) is 19.0. The summed E-state index contributed by atoms with van der Waals surface area (Å²) in [4.78, 5) is 42.4. The third kappa shape index (κ3) is 4.86. The van der Waals surface area contributed by atoms with Crippen LogP contribution in [0.5, 0.6) is 0 Å². The molecule has 2 atom stereocenters. The van der Waals surface area contributed by atoms with E-state index in [4.69, 9.17) is 11.6 Å². The summed E-state index contributed by atoms with van der Waals surface area (Å²) < 4.78 is 68.6. The Labute approximate surface area is 210 Å². The molecular weight excluding hydrogens is 525 g/mol. The standard InChI is InChI=1S/C23H17ClF5N5O3/c1-9-20(35)31-16(14-8-12(25)3-4-15(14)24)17-18(32-19(34(9)17)22(37)30-2)33-21(36)10-5-11(23(27,28)29)7-13(26)6-10/h3-9,16H,1-2H3,(H,30,37)(H,31,35)(H,33,36)/t9-,16?/m0/s1. The average molecular weight is 542 g/mol. The molecular formula is C23H17ClF5N5O3. The first-order chi connectivity index (χ1) is 17.3. The van der Waals surface area contributed by atoms with E-state index in [-0.39, 0.29) is 34.0 Å². The van der Waals surface area contributed by atoms with E-state index in [1.165, 1.54) is 24.6 Å². The van der Waals surface area contributed by atoms with Gasteiger partial charge in [0, 0.05) is 23.2 Å². The molecule has 1 aliphatic heterocycles. The van der Waals surface area contributed by atoms with Gasteiger partial charge in [0.1, 0.15) is 17.7 Å². The molecule has 8 nitrogen and oxygen atoms in total. The molecule has 0 saturated heterocycles. The second-order valence-electron chi connectivity index (χ2n) is 8.08. The van der Waals surface area contributed by atoms with Crippen LogP contribution in [0.2, 0.25) is 5.02 Å². The second-order valence-corrected chi connectivity index (χ2v) is 8.49. The van der Waals surface area contributed by atoms with Crippen LogP contribution in [0, 0.1) is 11.6 Å². The summed E-state index contributed by atoms with van der Waals surface area (Å²) in [6, 6.07) is 2.38. The van der Waals surface area contributed by atoms with Crippen molar-refractivity contribution in [3.05, 3.63) is 81.3 Å². The van der Waals surface area contributed by atoms with Gasteiger partial charge in [0.25, 0.3) is 11.8 Å². The number of hydrogen-bond acceptors (Lipinski definition) is 4. The Morgan fingerprint density at radius 3 is 2.43 bits per heavy atom. The quantitative estimate of drug-likeness (QED) is 0.430. The largest absolute Gasteiger partial charge is 0.416 e. The molecule has 2 aromatic carbocycles. The molecule has 1 aromatic heterocycles. The van der Waals surface area contributed by atoms with Gasteiger partial charge >= 0.3 is 6.18 Å². The minimum atomic E-state index is -4.92. The SMILES string of the molecule is CNC(=O)c1nc(NC(=O)c2cc(F)cc(C(F)(F)F)c2)c2n1[C@@H](C)C(=O)NC2c1cc(F)ccc1Cl. The smallest absolute Gasteiger partial charge is 0.352 e. The summed E-state index contributed by atoms with van der Waals surface area (Å²) in [5.41, 5.74) is -2.00. The van der Waals surface area contributed by atoms with Crippen LogP contribution in [-0.4, -0.2) is 34.3 Å². The number of benzene rings is 2. The number of alkyl halides is 3. The van der Waals surface area contributed by atoms with Gasteiger partial charge in [0.15, 0.2) is 5.82 Å². The van der Waals surface area contributed by atoms with Crippen molar-refractivity contribution in [2.45, 2.75) is 25.2 Å². The fraction of sp³-hybridized carbons (Fsp3) is 0.217. The van der Waals surface area contributed by atoms with Crippen LogP contribution in [0.25, 0.3) is 0 Å². The zero-order chi connectivity index (χ0) is 27.2. The van der Waals surface area contributed by atoms with E-state index in [1.807, 2.05) is 0 Å². The summed E-state index contributed by atoms with van der Waals surface area (Å²) in [5, 5.41) is 7.29. The molecule has 0 saturated carbocycles. The minimum Gasteiger partial charge on any atom is -0.352 e. The van der Waals surface area contributed by atoms with Crippen LogP contribution in [0.15, 0.2) is 36.4 Å². The van der Waals surface area contributed by atoms with Crippen LogP contribution >= 0.6 is 11.6 Å². The summed E-state index contributed by atoms with van der Waals surface area (Å²) in [6.45, 7) is 1.43. The van der Waals surface area contributed by atoms with Crippen molar-refractivity contribution in [1.29, 1.82) is 0 Å². The summed E-state index contributed by atoms with van der Waals surface area (Å²) in [6.07, 6.45) is -4.92. The number of rotatable bonds is 4. The van der Waals surface area contributed by atoms with Gasteiger partial charge in [-0.1, -0.05) is 11.6 Å². The number of imidazole rings is 1. The van der Waals surface area contributed by atoms with Crippen molar-refractivity contribution >= 4 is 35.1 Å². The van der Waals surface area contributed by atoms with Gasteiger partial charge in [0.2, 0.25) is 11.7 Å². The number of carbonyl (C=O) groups is 3. The fourth-order valence-corrected chi connectivity index (χ4v) is 4.18. The lowest BCUT2D eigenvalue weighted by Gasteiger charge is -2.31. The number of hydrogen-bond donors (Lipinski definition) is 3. The van der Waals surface area contributed by atoms with Gasteiger partial charge in [-0.25, -0.2) is 13.8 Å². The molecule has 3 amide bonds. The molecule has 0 bridgehead atoms. The number of amides is 3. The Kier molecular flexibility index (Phi) is 6.67. The van der Waals surface area contributed by atoms with E-state index < -0.39 is 58.7 Å². The maximum atomic E-state index is 14.1. The summed E-state index contributed by atoms with van der Waals surface area (Å²) in [7, 11) is 1.29. The highest BCUT2D eigenvalue weighted by Gasteiger charge is 2.39. The van der Waals surface area contributed by atoms with Crippen LogP contribution in [0.3, 0.4) is 0 Å². The van der Waals surface area contributed by atoms with Crippen LogP contribution in [0.1, 0.15) is 56.8 Å². The summed E-state index contributed by atoms with van der Waals surface area (Å²) in [5.74, 6) is -5.17. The van der Waals surface area contributed by atoms with E-state index in [0.717, 1.165) is 12.1 Å². The number of nitrogens with one attached hydrogen (secondary N) is 3. The molecule has 2 heterocycles. The number of aromatic nitrogens is 2. The van der Waals surface area contributed by atoms with Gasteiger partial charge < -0.3 is 20.5 Å². The molecule has 0 aliphatic carbocycles. The molecule has 14 heteroatoms. The van der Waals surface area contributed by atoms with E-state index >= 15 is 0 Å². The van der Waals surface area contributed by atoms with Gasteiger partial charge in [0.05, 0.1) is 17.3 Å². The molecule has 1 unspecified atom stereocenters. The highest BCUT2D eigenvalue weighted by molar-refractivity contribution is 6.31. The van der Waals surface area contributed by atoms with E-state index in [0.29, 0.717) is 12.1 Å². The molecule has 0 fully saturated rings. The Balaban J connectivity index is 1.88. The Bertz CT molecular complexity index is 1440. The fourth-order valence-electron chi connectivity index (χ4n) is 3.95. The van der Waals surface area contributed by atoms with Gasteiger partial charge in [-0.15, -0.1) is 0 Å². The molecule has 3 N–H and O–H groups in total. The topological polar surface area (TPSA) is 105 Å². The summed E-state index contributed by atoms with van der Waals surface area (Å²) >= 11 is 6.25. The third-order valence-corrected chi connectivity index (χ3v) is 6.04. The molecule has 37 heavy (non-hydrogen) atoms. The van der Waals surface area contributed by atoms with Crippen molar-refractivity contribution in [2.24, 2.45) is 0 Å². The molecule has 0 spiro atoms. The highest BCUT2D eigenvalue weighted by Crippen LogP contribution is 2.39. The van der Waals surface area contributed by atoms with E-state index in [9.17, 15) is 36.3 Å². The first-order valence-electron chi connectivity index (χ1n) is 10.6. The number of carbonyl (C=O) groups excluding carboxylic acids is 3. The Hall–Kier alpha value is -4.00. The molecule has 194 valence electrons. The maximum absolute atomic E-state index is 14.1. The number of halogens is 6. The van der Waals surface area contributed by atoms with Crippen molar-refractivity contribution in [1.82, 2.24) is 20.2 Å². The van der Waals surface area contributed by atoms with E-state index in [2.05, 4.69) is 20.9 Å². The number of fused-ring (bicyclic) bond motifs is 1. The molecule has 3 aromatic rings. The van der Waals surface area contributed by atoms with Crippen LogP contribution in [0.4, 0.5) is 27.8 Å². The number of anilines is 1. The predicted molar refractivity (Wildman–Crippen MR) is 121 cm³/mol. The van der Waals surface area contributed by atoms with Gasteiger partial charge in [-0.05, 0) is 43.3 Å². The van der Waals surface area contributed by atoms with Crippen LogP contribution in [-0.2, 0) is 11.0 Å². The minimum absolute atomic E-state index is 0.000928. The Morgan fingerprint density at radius 1 is 1.08 bits per heavy atom. The zero-order valence-corrected chi connectivity index (χ0v) is 19.8. The van der Waals surface area contributed by atoms with Gasteiger partial charge in [-0.2, -0.15) is 13.2 Å². The van der Waals surface area contributed by atoms with Crippen molar-refractivity contribution in [2.75, 3.05) is 12.4 Å². The van der Waals surface area contributed by atoms with Crippen molar-refractivity contribution in [3.63, 3.8) is 0 Å². The third-order valence-electron chi connectivity index (χ3n) is 5.69. The van der Waals surface area contributed by atoms with E-state index in [1.54, 1.807) is 0 Å². The lowest BCUT2D eigenvalue weighted by molar-refractivity contribution is -0.137. The number of nitrogens with zero attached hydrogens (tertiary/aromatic N) is 2. The average Bonchev–Trinajstić information content (AvgIpc) is 3.20. The monoisotopic (exact) mass is 541 g/mol. The normalized spacial score (nSPS) is 17.1. The first-order valence-corrected chi connectivity index (χ1v) is 11.0. The maximum Gasteiger partial charge on any atom is 0.416 e. The molecule has 0 radical (unpaired) electrons. The van der Waals surface area contributed by atoms with Crippen molar-refractivity contribution < 1.29 is 36.3 Å². The predicted octanol–water partition coefficient (Wildman–Crippen LogP) is 4.23. The Morgan fingerprint density at radius 2 is 1.78 bits per heavy atom. The second kappa shape index (κ2) is 9.47.